The number of carboxylic acid groups (broad SMARTS) is 1. The quantitative estimate of drug-likeness (QED) is 0.836. The number of aliphatic carboxylic acids is 1. The summed E-state index contributed by atoms with van der Waals surface area (Å²) >= 11 is 1.99. The third-order valence-electron chi connectivity index (χ3n) is 5.02. The van der Waals surface area contributed by atoms with Crippen LogP contribution in [0.5, 0.6) is 0 Å². The highest BCUT2D eigenvalue weighted by Gasteiger charge is 2.40. The first kappa shape index (κ1) is 16.5. The molecule has 2 heterocycles. The van der Waals surface area contributed by atoms with Crippen LogP contribution in [0.15, 0.2) is 0 Å². The lowest BCUT2D eigenvalue weighted by Gasteiger charge is -2.38. The van der Waals surface area contributed by atoms with Gasteiger partial charge in [0.25, 0.3) is 0 Å². The maximum Gasteiger partial charge on any atom is 0.317 e. The van der Waals surface area contributed by atoms with E-state index in [1.807, 2.05) is 18.7 Å². The summed E-state index contributed by atoms with van der Waals surface area (Å²) < 4.78 is 0. The van der Waals surface area contributed by atoms with Gasteiger partial charge in [-0.1, -0.05) is 6.92 Å². The van der Waals surface area contributed by atoms with E-state index in [0.29, 0.717) is 38.3 Å². The van der Waals surface area contributed by atoms with Crippen molar-refractivity contribution in [3.8, 4) is 0 Å². The van der Waals surface area contributed by atoms with Gasteiger partial charge in [-0.2, -0.15) is 11.8 Å². The van der Waals surface area contributed by atoms with Crippen LogP contribution in [0.4, 0.5) is 4.79 Å². The SMILES string of the molecule is CCC1(C(=O)O)CCN(C(=O)NCC2CCSCC2)CC1. The van der Waals surface area contributed by atoms with Crippen molar-refractivity contribution >= 4 is 23.8 Å². The minimum absolute atomic E-state index is 0.0247. The minimum Gasteiger partial charge on any atom is -0.481 e. The molecule has 0 aromatic rings. The maximum absolute atomic E-state index is 12.2. The number of piperidine rings is 1. The number of nitrogens with zero attached hydrogens (tertiary/aromatic N) is 1. The summed E-state index contributed by atoms with van der Waals surface area (Å²) in [4.78, 5) is 25.3. The normalized spacial score (nSPS) is 22.8. The van der Waals surface area contributed by atoms with Crippen LogP contribution in [-0.2, 0) is 4.79 Å². The number of amides is 2. The van der Waals surface area contributed by atoms with Gasteiger partial charge in [-0.3, -0.25) is 4.79 Å². The standard InChI is InChI=1S/C15H26N2O3S/c1-2-15(13(18)19)5-7-17(8-6-15)14(20)16-11-12-3-9-21-10-4-12/h12H,2-11H2,1H3,(H,16,20)(H,18,19). The predicted molar refractivity (Wildman–Crippen MR) is 84.6 cm³/mol. The summed E-state index contributed by atoms with van der Waals surface area (Å²) in [6.07, 6.45) is 4.13. The molecule has 2 aliphatic heterocycles. The van der Waals surface area contributed by atoms with Gasteiger partial charge in [-0.05, 0) is 49.5 Å². The summed E-state index contributed by atoms with van der Waals surface area (Å²) in [5.74, 6) is 2.28. The highest BCUT2D eigenvalue weighted by Crippen LogP contribution is 2.35. The fraction of sp³-hybridized carbons (Fsp3) is 0.867. The van der Waals surface area contributed by atoms with Crippen LogP contribution in [0.3, 0.4) is 0 Å². The Morgan fingerprint density at radius 1 is 1.29 bits per heavy atom. The van der Waals surface area contributed by atoms with Crippen LogP contribution in [0, 0.1) is 11.3 Å². The lowest BCUT2D eigenvalue weighted by atomic mass is 9.76. The monoisotopic (exact) mass is 314 g/mol. The molecule has 2 amide bonds. The summed E-state index contributed by atoms with van der Waals surface area (Å²) in [7, 11) is 0. The second-order valence-electron chi connectivity index (χ2n) is 6.17. The minimum atomic E-state index is -0.718. The largest absolute Gasteiger partial charge is 0.481 e. The number of rotatable bonds is 4. The Morgan fingerprint density at radius 3 is 2.43 bits per heavy atom. The number of urea groups is 1. The summed E-state index contributed by atoms with van der Waals surface area (Å²) in [5.41, 5.74) is -0.628. The molecule has 0 radical (unpaired) electrons. The van der Waals surface area contributed by atoms with Gasteiger partial charge in [0.2, 0.25) is 0 Å². The van der Waals surface area contributed by atoms with Gasteiger partial charge in [0.1, 0.15) is 0 Å². The molecular formula is C15H26N2O3S. The Balaban J connectivity index is 1.76. The third-order valence-corrected chi connectivity index (χ3v) is 6.07. The Hall–Kier alpha value is -0.910. The fourth-order valence-electron chi connectivity index (χ4n) is 3.15. The molecule has 0 aliphatic carbocycles. The van der Waals surface area contributed by atoms with Crippen molar-refractivity contribution in [2.75, 3.05) is 31.1 Å². The summed E-state index contributed by atoms with van der Waals surface area (Å²) in [6.45, 7) is 3.78. The zero-order valence-electron chi connectivity index (χ0n) is 12.8. The molecule has 0 bridgehead atoms. The average Bonchev–Trinajstić information content (AvgIpc) is 2.53. The molecule has 0 saturated carbocycles. The van der Waals surface area contributed by atoms with E-state index >= 15 is 0 Å². The van der Waals surface area contributed by atoms with Gasteiger partial charge in [0.05, 0.1) is 5.41 Å². The van der Waals surface area contributed by atoms with Crippen LogP contribution >= 0.6 is 11.8 Å². The molecule has 2 saturated heterocycles. The first-order valence-corrected chi connectivity index (χ1v) is 9.07. The van der Waals surface area contributed by atoms with Gasteiger partial charge in [0.15, 0.2) is 0 Å². The smallest absolute Gasteiger partial charge is 0.317 e. The van der Waals surface area contributed by atoms with Crippen LogP contribution in [0.25, 0.3) is 0 Å². The Bertz CT molecular complexity index is 375. The van der Waals surface area contributed by atoms with Gasteiger partial charge in [-0.25, -0.2) is 4.79 Å². The Labute approximate surface area is 130 Å². The van der Waals surface area contributed by atoms with E-state index in [1.165, 1.54) is 24.3 Å². The van der Waals surface area contributed by atoms with Gasteiger partial charge >= 0.3 is 12.0 Å². The van der Waals surface area contributed by atoms with E-state index in [-0.39, 0.29) is 6.03 Å². The molecule has 21 heavy (non-hydrogen) atoms. The van der Waals surface area contributed by atoms with Crippen molar-refractivity contribution in [3.05, 3.63) is 0 Å². The Kier molecular flexibility index (Phi) is 5.79. The molecule has 6 heteroatoms. The van der Waals surface area contributed by atoms with E-state index in [0.717, 1.165) is 6.54 Å². The molecule has 0 atom stereocenters. The molecule has 120 valence electrons. The number of carbonyl (C=O) groups excluding carboxylic acids is 1. The Morgan fingerprint density at radius 2 is 1.90 bits per heavy atom. The maximum atomic E-state index is 12.2. The molecule has 2 rings (SSSR count). The number of nitrogens with one attached hydrogen (secondary N) is 1. The van der Waals surface area contributed by atoms with Crippen LogP contribution in [0.1, 0.15) is 39.0 Å². The van der Waals surface area contributed by atoms with Gasteiger partial charge in [-0.15, -0.1) is 0 Å². The molecule has 2 N–H and O–H groups in total. The number of hydrogen-bond acceptors (Lipinski definition) is 3. The molecule has 5 nitrogen and oxygen atoms in total. The van der Waals surface area contributed by atoms with E-state index < -0.39 is 11.4 Å². The van der Waals surface area contributed by atoms with Gasteiger partial charge in [0, 0.05) is 19.6 Å². The predicted octanol–water partition coefficient (Wildman–Crippen LogP) is 2.42. The van der Waals surface area contributed by atoms with Crippen LogP contribution in [-0.4, -0.2) is 53.1 Å². The number of likely N-dealkylation sites (tertiary alicyclic amines) is 1. The van der Waals surface area contributed by atoms with Crippen molar-refractivity contribution in [3.63, 3.8) is 0 Å². The average molecular weight is 314 g/mol. The third kappa shape index (κ3) is 4.05. The molecular weight excluding hydrogens is 288 g/mol. The molecule has 0 spiro atoms. The molecule has 2 aliphatic rings. The number of carbonyl (C=O) groups is 2. The topological polar surface area (TPSA) is 69.6 Å². The lowest BCUT2D eigenvalue weighted by Crippen LogP contribution is -2.50. The van der Waals surface area contributed by atoms with E-state index in [4.69, 9.17) is 0 Å². The summed E-state index contributed by atoms with van der Waals surface area (Å²) in [5, 5.41) is 12.4. The number of thioether (sulfide) groups is 1. The van der Waals surface area contributed by atoms with Crippen molar-refractivity contribution < 1.29 is 14.7 Å². The van der Waals surface area contributed by atoms with Crippen molar-refractivity contribution in [2.24, 2.45) is 11.3 Å². The van der Waals surface area contributed by atoms with E-state index in [2.05, 4.69) is 5.32 Å². The van der Waals surface area contributed by atoms with E-state index in [9.17, 15) is 14.7 Å². The zero-order chi connectivity index (χ0) is 15.3. The fourth-order valence-corrected chi connectivity index (χ4v) is 4.35. The second kappa shape index (κ2) is 7.38. The molecule has 0 unspecified atom stereocenters. The molecule has 2 fully saturated rings. The first-order chi connectivity index (χ1) is 10.1. The van der Waals surface area contributed by atoms with E-state index in [1.54, 1.807) is 4.90 Å². The molecule has 0 aromatic carbocycles. The van der Waals surface area contributed by atoms with Crippen molar-refractivity contribution in [2.45, 2.75) is 39.0 Å². The van der Waals surface area contributed by atoms with Crippen LogP contribution in [0.2, 0.25) is 0 Å². The van der Waals surface area contributed by atoms with Crippen LogP contribution < -0.4 is 5.32 Å². The zero-order valence-corrected chi connectivity index (χ0v) is 13.6. The molecule has 0 aromatic heterocycles. The van der Waals surface area contributed by atoms with Gasteiger partial charge < -0.3 is 15.3 Å². The van der Waals surface area contributed by atoms with Crippen molar-refractivity contribution in [1.29, 1.82) is 0 Å². The highest BCUT2D eigenvalue weighted by atomic mass is 32.2. The van der Waals surface area contributed by atoms with Crippen molar-refractivity contribution in [1.82, 2.24) is 10.2 Å². The first-order valence-electron chi connectivity index (χ1n) is 7.91. The number of carboxylic acids is 1. The highest BCUT2D eigenvalue weighted by molar-refractivity contribution is 7.99. The second-order valence-corrected chi connectivity index (χ2v) is 7.39. The lowest BCUT2D eigenvalue weighted by molar-refractivity contribution is -0.151. The number of hydrogen-bond donors (Lipinski definition) is 2. The summed E-state index contributed by atoms with van der Waals surface area (Å²) in [6, 6.07) is -0.0247.